The molecule has 0 aromatic carbocycles. The van der Waals surface area contributed by atoms with Gasteiger partial charge in [-0.25, -0.2) is 4.98 Å². The van der Waals surface area contributed by atoms with Gasteiger partial charge in [-0.1, -0.05) is 23.2 Å². The molecule has 1 saturated heterocycles. The Bertz CT molecular complexity index is 612. The van der Waals surface area contributed by atoms with Gasteiger partial charge < -0.3 is 10.2 Å². The third-order valence-corrected chi connectivity index (χ3v) is 6.05. The molecule has 5 nitrogen and oxygen atoms in total. The lowest BCUT2D eigenvalue weighted by atomic mass is 9.84. The van der Waals surface area contributed by atoms with Crippen molar-refractivity contribution in [2.75, 3.05) is 37.6 Å². The molecule has 0 radical (unpaired) electrons. The fraction of sp³-hybridized carbons (Fsp3) is 0.684. The highest BCUT2D eigenvalue weighted by atomic mass is 35.5. The minimum atomic E-state index is 0.0987. The molecule has 7 heteroatoms. The van der Waals surface area contributed by atoms with Gasteiger partial charge in [-0.3, -0.25) is 9.69 Å². The van der Waals surface area contributed by atoms with Crippen molar-refractivity contribution in [3.05, 3.63) is 22.3 Å². The second-order valence-corrected chi connectivity index (χ2v) is 8.34. The van der Waals surface area contributed by atoms with Crippen molar-refractivity contribution in [3.8, 4) is 0 Å². The molecule has 2 heterocycles. The standard InChI is InChI=1S/C19H28Cl2N4O/c1-14(26)23-17-4-2-15(3-5-17)6-7-24-8-10-25(11-9-24)19-18(21)12-16(20)13-22-19/h12-13,15,17H,2-11H2,1H3,(H,23,26)/t15-,17-. The molecule has 1 aliphatic carbocycles. The van der Waals surface area contributed by atoms with E-state index in [0.29, 0.717) is 16.1 Å². The SMILES string of the molecule is CC(=O)N[C@H]1CC[C@H](CCN2CCN(c3ncc(Cl)cc3Cl)CC2)CC1. The summed E-state index contributed by atoms with van der Waals surface area (Å²) in [5, 5.41) is 4.26. The lowest BCUT2D eigenvalue weighted by molar-refractivity contribution is -0.119. The Balaban J connectivity index is 1.38. The average molecular weight is 399 g/mol. The van der Waals surface area contributed by atoms with Crippen LogP contribution in [0.3, 0.4) is 0 Å². The van der Waals surface area contributed by atoms with Crippen LogP contribution in [-0.2, 0) is 4.79 Å². The Morgan fingerprint density at radius 1 is 1.19 bits per heavy atom. The third-order valence-electron chi connectivity index (χ3n) is 5.57. The molecule has 1 amide bonds. The van der Waals surface area contributed by atoms with Gasteiger partial charge in [0.1, 0.15) is 5.82 Å². The summed E-state index contributed by atoms with van der Waals surface area (Å²) in [4.78, 5) is 20.3. The largest absolute Gasteiger partial charge is 0.354 e. The lowest BCUT2D eigenvalue weighted by Crippen LogP contribution is -2.47. The van der Waals surface area contributed by atoms with E-state index in [1.807, 2.05) is 0 Å². The Morgan fingerprint density at radius 3 is 2.50 bits per heavy atom. The maximum absolute atomic E-state index is 11.2. The highest BCUT2D eigenvalue weighted by Crippen LogP contribution is 2.29. The number of nitrogens with zero attached hydrogens (tertiary/aromatic N) is 3. The van der Waals surface area contributed by atoms with Crippen molar-refractivity contribution in [1.82, 2.24) is 15.2 Å². The van der Waals surface area contributed by atoms with Gasteiger partial charge >= 0.3 is 0 Å². The molecule has 0 atom stereocenters. The molecule has 0 spiro atoms. The average Bonchev–Trinajstić information content (AvgIpc) is 2.61. The minimum absolute atomic E-state index is 0.0987. The molecule has 3 rings (SSSR count). The van der Waals surface area contributed by atoms with Gasteiger partial charge in [-0.2, -0.15) is 0 Å². The fourth-order valence-corrected chi connectivity index (χ4v) is 4.57. The summed E-state index contributed by atoms with van der Waals surface area (Å²) >= 11 is 12.2. The second kappa shape index (κ2) is 9.25. The topological polar surface area (TPSA) is 48.5 Å². The first-order chi connectivity index (χ1) is 12.5. The zero-order valence-electron chi connectivity index (χ0n) is 15.4. The van der Waals surface area contributed by atoms with E-state index in [9.17, 15) is 4.79 Å². The molecule has 26 heavy (non-hydrogen) atoms. The number of carbonyl (C=O) groups excluding carboxylic acids is 1. The zero-order valence-corrected chi connectivity index (χ0v) is 16.9. The van der Waals surface area contributed by atoms with Crippen LogP contribution in [0.1, 0.15) is 39.0 Å². The van der Waals surface area contributed by atoms with Crippen LogP contribution in [0.15, 0.2) is 12.3 Å². The van der Waals surface area contributed by atoms with E-state index in [4.69, 9.17) is 23.2 Å². The highest BCUT2D eigenvalue weighted by molar-refractivity contribution is 6.36. The van der Waals surface area contributed by atoms with E-state index >= 15 is 0 Å². The van der Waals surface area contributed by atoms with Crippen LogP contribution >= 0.6 is 23.2 Å². The first-order valence-electron chi connectivity index (χ1n) is 9.56. The Hall–Kier alpha value is -1.04. The summed E-state index contributed by atoms with van der Waals surface area (Å²) in [5.74, 6) is 1.74. The summed E-state index contributed by atoms with van der Waals surface area (Å²) in [6.07, 6.45) is 7.63. The summed E-state index contributed by atoms with van der Waals surface area (Å²) < 4.78 is 0. The Labute approximate surface area is 166 Å². The normalized spacial score (nSPS) is 24.5. The number of amides is 1. The van der Waals surface area contributed by atoms with E-state index in [0.717, 1.165) is 57.3 Å². The van der Waals surface area contributed by atoms with E-state index < -0.39 is 0 Å². The monoisotopic (exact) mass is 398 g/mol. The predicted molar refractivity (Wildman–Crippen MR) is 107 cm³/mol. The summed E-state index contributed by atoms with van der Waals surface area (Å²) in [7, 11) is 0. The molecule has 1 N–H and O–H groups in total. The number of piperazine rings is 1. The third kappa shape index (κ3) is 5.48. The maximum Gasteiger partial charge on any atom is 0.217 e. The van der Waals surface area contributed by atoms with Gasteiger partial charge in [-0.15, -0.1) is 0 Å². The van der Waals surface area contributed by atoms with E-state index in [1.54, 1.807) is 19.2 Å². The van der Waals surface area contributed by atoms with Crippen molar-refractivity contribution < 1.29 is 4.79 Å². The molecule has 0 unspecified atom stereocenters. The molecular formula is C19H28Cl2N4O. The predicted octanol–water partition coefficient (Wildman–Crippen LogP) is 3.60. The molecule has 0 bridgehead atoms. The number of halogens is 2. The van der Waals surface area contributed by atoms with E-state index in [2.05, 4.69) is 20.1 Å². The Kier molecular flexibility index (Phi) is 7.01. The van der Waals surface area contributed by atoms with Crippen molar-refractivity contribution in [2.24, 2.45) is 5.92 Å². The van der Waals surface area contributed by atoms with Gasteiger partial charge in [0, 0.05) is 45.3 Å². The van der Waals surface area contributed by atoms with E-state index in [-0.39, 0.29) is 5.91 Å². The number of carbonyl (C=O) groups is 1. The van der Waals surface area contributed by atoms with E-state index in [1.165, 1.54) is 19.3 Å². The van der Waals surface area contributed by atoms with Crippen LogP contribution in [-0.4, -0.2) is 54.6 Å². The number of hydrogen-bond acceptors (Lipinski definition) is 4. The lowest BCUT2D eigenvalue weighted by Gasteiger charge is -2.37. The van der Waals surface area contributed by atoms with Crippen LogP contribution < -0.4 is 10.2 Å². The molecule has 1 aliphatic heterocycles. The smallest absolute Gasteiger partial charge is 0.217 e. The van der Waals surface area contributed by atoms with Crippen molar-refractivity contribution >= 4 is 34.9 Å². The first kappa shape index (κ1) is 19.7. The molecule has 144 valence electrons. The van der Waals surface area contributed by atoms with Crippen LogP contribution in [0, 0.1) is 5.92 Å². The van der Waals surface area contributed by atoms with Gasteiger partial charge in [0.2, 0.25) is 5.91 Å². The summed E-state index contributed by atoms with van der Waals surface area (Å²) in [6.45, 7) is 6.75. The van der Waals surface area contributed by atoms with Crippen LogP contribution in [0.2, 0.25) is 10.0 Å². The van der Waals surface area contributed by atoms with Gasteiger partial charge in [-0.05, 0) is 50.6 Å². The van der Waals surface area contributed by atoms with Gasteiger partial charge in [0.05, 0.1) is 10.0 Å². The zero-order chi connectivity index (χ0) is 18.5. The fourth-order valence-electron chi connectivity index (χ4n) is 4.07. The summed E-state index contributed by atoms with van der Waals surface area (Å²) in [5.41, 5.74) is 0. The first-order valence-corrected chi connectivity index (χ1v) is 10.3. The number of aromatic nitrogens is 1. The number of pyridine rings is 1. The van der Waals surface area contributed by atoms with Crippen LogP contribution in [0.4, 0.5) is 5.82 Å². The minimum Gasteiger partial charge on any atom is -0.354 e. The molecular weight excluding hydrogens is 371 g/mol. The number of rotatable bonds is 5. The van der Waals surface area contributed by atoms with Crippen LogP contribution in [0.25, 0.3) is 0 Å². The number of nitrogens with one attached hydrogen (secondary N) is 1. The van der Waals surface area contributed by atoms with Crippen molar-refractivity contribution in [3.63, 3.8) is 0 Å². The second-order valence-electron chi connectivity index (χ2n) is 7.49. The number of hydrogen-bond donors (Lipinski definition) is 1. The maximum atomic E-state index is 11.2. The molecule has 2 fully saturated rings. The molecule has 2 aliphatic rings. The number of anilines is 1. The Morgan fingerprint density at radius 2 is 1.88 bits per heavy atom. The molecule has 1 aromatic rings. The van der Waals surface area contributed by atoms with Gasteiger partial charge in [0.25, 0.3) is 0 Å². The van der Waals surface area contributed by atoms with Crippen LogP contribution in [0.5, 0.6) is 0 Å². The van der Waals surface area contributed by atoms with Crippen molar-refractivity contribution in [2.45, 2.75) is 45.1 Å². The molecule has 1 aromatic heterocycles. The summed E-state index contributed by atoms with van der Waals surface area (Å²) in [6, 6.07) is 2.15. The van der Waals surface area contributed by atoms with Gasteiger partial charge in [0.15, 0.2) is 0 Å². The molecule has 1 saturated carbocycles. The highest BCUT2D eigenvalue weighted by Gasteiger charge is 2.24. The van der Waals surface area contributed by atoms with Crippen molar-refractivity contribution in [1.29, 1.82) is 0 Å². The quantitative estimate of drug-likeness (QED) is 0.822.